The Morgan fingerprint density at radius 1 is 1.18 bits per heavy atom. The summed E-state index contributed by atoms with van der Waals surface area (Å²) >= 11 is 0. The predicted molar refractivity (Wildman–Crippen MR) is 110 cm³/mol. The molecule has 1 aliphatic heterocycles. The van der Waals surface area contributed by atoms with Crippen LogP contribution in [-0.4, -0.2) is 43.2 Å². The molecule has 4 aliphatic carbocycles. The minimum Gasteiger partial charge on any atom is -0.381 e. The van der Waals surface area contributed by atoms with Crippen molar-refractivity contribution in [3.8, 4) is 0 Å². The van der Waals surface area contributed by atoms with Crippen molar-refractivity contribution in [1.82, 2.24) is 4.90 Å². The molecule has 1 heterocycles. The molecule has 4 bridgehead atoms. The van der Waals surface area contributed by atoms with Crippen molar-refractivity contribution in [1.29, 1.82) is 0 Å². The van der Waals surface area contributed by atoms with Crippen LogP contribution in [0.5, 0.6) is 0 Å². The van der Waals surface area contributed by atoms with E-state index < -0.39 is 0 Å². The molecule has 4 heteroatoms. The fraction of sp³-hybridized carbons (Fsp3) is 0.708. The predicted octanol–water partition coefficient (Wildman–Crippen LogP) is 3.35. The average molecular weight is 383 g/mol. The van der Waals surface area contributed by atoms with Crippen molar-refractivity contribution in [2.75, 3.05) is 20.2 Å². The van der Waals surface area contributed by atoms with Crippen LogP contribution in [-0.2, 0) is 14.9 Å². The molecule has 6 rings (SSSR count). The van der Waals surface area contributed by atoms with E-state index in [0.29, 0.717) is 17.7 Å². The molecule has 5 fully saturated rings. The molecule has 4 saturated carbocycles. The van der Waals surface area contributed by atoms with E-state index >= 15 is 0 Å². The Labute approximate surface area is 168 Å². The number of carbonyl (C=O) groups excluding carboxylic acids is 1. The van der Waals surface area contributed by atoms with Crippen LogP contribution in [0.3, 0.4) is 0 Å². The van der Waals surface area contributed by atoms with Gasteiger partial charge in [0.25, 0.3) is 0 Å². The Kier molecular flexibility index (Phi) is 4.03. The summed E-state index contributed by atoms with van der Waals surface area (Å²) in [6.07, 6.45) is 5.40. The third kappa shape index (κ3) is 2.40. The second-order valence-electron chi connectivity index (χ2n) is 10.8. The zero-order valence-electron chi connectivity index (χ0n) is 17.5. The van der Waals surface area contributed by atoms with Crippen molar-refractivity contribution in [3.05, 3.63) is 35.9 Å². The molecular formula is C24H34N2O2. The molecule has 5 aliphatic rings. The van der Waals surface area contributed by atoms with Gasteiger partial charge in [0.05, 0.1) is 11.5 Å². The Morgan fingerprint density at radius 2 is 1.93 bits per heavy atom. The monoisotopic (exact) mass is 382 g/mol. The lowest BCUT2D eigenvalue weighted by Crippen LogP contribution is -2.57. The second-order valence-corrected chi connectivity index (χ2v) is 10.8. The highest BCUT2D eigenvalue weighted by molar-refractivity contribution is 5.85. The van der Waals surface area contributed by atoms with Crippen molar-refractivity contribution in [2.24, 2.45) is 28.4 Å². The molecule has 1 aromatic rings. The topological polar surface area (TPSA) is 55.6 Å². The third-order valence-electron chi connectivity index (χ3n) is 8.80. The first-order chi connectivity index (χ1) is 13.3. The summed E-state index contributed by atoms with van der Waals surface area (Å²) in [6, 6.07) is 11.1. The zero-order chi connectivity index (χ0) is 19.7. The number of benzene rings is 1. The van der Waals surface area contributed by atoms with Crippen molar-refractivity contribution < 1.29 is 9.53 Å². The van der Waals surface area contributed by atoms with Crippen LogP contribution in [0.15, 0.2) is 30.3 Å². The minimum absolute atomic E-state index is 0.0159. The van der Waals surface area contributed by atoms with Gasteiger partial charge in [-0.05, 0) is 54.4 Å². The lowest BCUT2D eigenvalue weighted by Gasteiger charge is -2.47. The fourth-order valence-corrected chi connectivity index (χ4v) is 7.51. The zero-order valence-corrected chi connectivity index (χ0v) is 17.5. The van der Waals surface area contributed by atoms with E-state index in [9.17, 15) is 4.79 Å². The van der Waals surface area contributed by atoms with E-state index in [1.807, 2.05) is 7.11 Å². The molecule has 5 unspecified atom stereocenters. The van der Waals surface area contributed by atoms with Gasteiger partial charge in [0.2, 0.25) is 5.91 Å². The van der Waals surface area contributed by atoms with Crippen LogP contribution in [0.1, 0.15) is 51.5 Å². The van der Waals surface area contributed by atoms with E-state index in [0.717, 1.165) is 45.2 Å². The molecule has 0 radical (unpaired) electrons. The maximum atomic E-state index is 14.0. The molecular weight excluding hydrogens is 348 g/mol. The maximum Gasteiger partial charge on any atom is 0.229 e. The van der Waals surface area contributed by atoms with Crippen molar-refractivity contribution in [3.63, 3.8) is 0 Å². The summed E-state index contributed by atoms with van der Waals surface area (Å²) in [7, 11) is 1.84. The molecule has 1 amide bonds. The molecule has 152 valence electrons. The summed E-state index contributed by atoms with van der Waals surface area (Å²) in [5.74, 6) is 1.24. The molecule has 28 heavy (non-hydrogen) atoms. The smallest absolute Gasteiger partial charge is 0.229 e. The Hall–Kier alpha value is -1.39. The van der Waals surface area contributed by atoms with Gasteiger partial charge in [0.15, 0.2) is 0 Å². The Balaban J connectivity index is 1.50. The van der Waals surface area contributed by atoms with E-state index in [2.05, 4.69) is 49.1 Å². The Morgan fingerprint density at radius 3 is 2.61 bits per heavy atom. The second kappa shape index (κ2) is 6.06. The first kappa shape index (κ1) is 18.6. The van der Waals surface area contributed by atoms with Crippen LogP contribution < -0.4 is 5.73 Å². The molecule has 2 N–H and O–H groups in total. The SMILES string of the molecule is COC1C2CC3(c4ccccc4)CC1C(C(=O)N1CC[C@H](N)C(C)(C)C1)(C2)C3. The van der Waals surface area contributed by atoms with Gasteiger partial charge in [-0.15, -0.1) is 0 Å². The lowest BCUT2D eigenvalue weighted by molar-refractivity contribution is -0.148. The first-order valence-electron chi connectivity index (χ1n) is 10.9. The van der Waals surface area contributed by atoms with E-state index in [1.54, 1.807) is 0 Å². The van der Waals surface area contributed by atoms with Crippen molar-refractivity contribution in [2.45, 2.75) is 63.5 Å². The summed E-state index contributed by atoms with van der Waals surface area (Å²) in [6.45, 7) is 5.99. The lowest BCUT2D eigenvalue weighted by atomic mass is 9.63. The third-order valence-corrected chi connectivity index (χ3v) is 8.80. The van der Waals surface area contributed by atoms with E-state index in [1.165, 1.54) is 5.56 Å². The fourth-order valence-electron chi connectivity index (χ4n) is 7.51. The average Bonchev–Trinajstić information content (AvgIpc) is 3.06. The van der Waals surface area contributed by atoms with Gasteiger partial charge in [0.1, 0.15) is 0 Å². The van der Waals surface area contributed by atoms with Gasteiger partial charge >= 0.3 is 0 Å². The van der Waals surface area contributed by atoms with Gasteiger partial charge < -0.3 is 15.4 Å². The number of methoxy groups -OCH3 is 1. The highest BCUT2D eigenvalue weighted by atomic mass is 16.5. The molecule has 1 aromatic carbocycles. The summed E-state index contributed by atoms with van der Waals surface area (Å²) in [5.41, 5.74) is 7.67. The van der Waals surface area contributed by atoms with Gasteiger partial charge in [-0.3, -0.25) is 4.79 Å². The van der Waals surface area contributed by atoms with E-state index in [-0.39, 0.29) is 28.4 Å². The number of carbonyl (C=O) groups is 1. The summed E-state index contributed by atoms with van der Waals surface area (Å²) < 4.78 is 5.99. The van der Waals surface area contributed by atoms with Crippen LogP contribution in [0.4, 0.5) is 0 Å². The van der Waals surface area contributed by atoms with Crippen LogP contribution in [0.25, 0.3) is 0 Å². The quantitative estimate of drug-likeness (QED) is 0.872. The first-order valence-corrected chi connectivity index (χ1v) is 10.9. The summed E-state index contributed by atoms with van der Waals surface area (Å²) in [4.78, 5) is 16.2. The molecule has 6 atom stereocenters. The molecule has 0 aromatic heterocycles. The van der Waals surface area contributed by atoms with Gasteiger partial charge in [0, 0.05) is 32.2 Å². The highest BCUT2D eigenvalue weighted by Gasteiger charge is 2.71. The number of amides is 1. The van der Waals surface area contributed by atoms with Gasteiger partial charge in [-0.2, -0.15) is 0 Å². The normalized spacial score (nSPS) is 43.5. The van der Waals surface area contributed by atoms with Crippen LogP contribution in [0, 0.1) is 22.7 Å². The number of piperidine rings is 1. The van der Waals surface area contributed by atoms with E-state index in [4.69, 9.17) is 10.5 Å². The number of nitrogens with zero attached hydrogens (tertiary/aromatic N) is 1. The number of hydrogen-bond acceptors (Lipinski definition) is 3. The minimum atomic E-state index is -0.239. The number of rotatable bonds is 3. The summed E-state index contributed by atoms with van der Waals surface area (Å²) in [5, 5.41) is 0. The highest BCUT2D eigenvalue weighted by Crippen LogP contribution is 2.71. The number of hydrogen-bond donors (Lipinski definition) is 1. The number of nitrogens with two attached hydrogens (primary N) is 1. The van der Waals surface area contributed by atoms with Crippen LogP contribution >= 0.6 is 0 Å². The number of ether oxygens (including phenoxy) is 1. The molecule has 4 nitrogen and oxygen atoms in total. The van der Waals surface area contributed by atoms with Crippen LogP contribution in [0.2, 0.25) is 0 Å². The van der Waals surface area contributed by atoms with Gasteiger partial charge in [-0.25, -0.2) is 0 Å². The molecule has 1 saturated heterocycles. The van der Waals surface area contributed by atoms with Gasteiger partial charge in [-0.1, -0.05) is 44.2 Å². The maximum absolute atomic E-state index is 14.0. The Bertz CT molecular complexity index is 778. The molecule has 0 spiro atoms. The largest absolute Gasteiger partial charge is 0.381 e. The number of likely N-dealkylation sites (tertiary alicyclic amines) is 1. The van der Waals surface area contributed by atoms with Crippen molar-refractivity contribution >= 4 is 5.91 Å². The standard InChI is InChI=1S/C24H34N2O2/c1-22(2)15-26(10-9-19(22)25)21(27)24-12-16-11-23(14-24,13-18(24)20(16)28-3)17-7-5-4-6-8-17/h4-8,16,18-20H,9-15,25H2,1-3H3/t16?,18?,19-,20?,23?,24?/m0/s1.